The number of amides is 2. The Morgan fingerprint density at radius 3 is 2.60 bits per heavy atom. The molecule has 3 heterocycles. The maximum Gasteiger partial charge on any atom is 0.310 e. The highest BCUT2D eigenvalue weighted by Gasteiger charge is 2.76. The monoisotopic (exact) mass is 588 g/mol. The number of nitrogens with zero attached hydrogens (tertiary/aromatic N) is 2. The van der Waals surface area contributed by atoms with E-state index in [0.717, 1.165) is 32.1 Å². The lowest BCUT2D eigenvalue weighted by Crippen LogP contribution is -2.57. The van der Waals surface area contributed by atoms with Crippen LogP contribution in [-0.4, -0.2) is 70.1 Å². The maximum absolute atomic E-state index is 14.6. The molecule has 1 aromatic rings. The summed E-state index contributed by atoms with van der Waals surface area (Å²) in [6.45, 7) is 10.8. The lowest BCUT2D eigenvalue weighted by molar-refractivity contribution is -0.154. The first-order valence-corrected chi connectivity index (χ1v) is 15.6. The molecular formula is C31H41ClN2O5S. The highest BCUT2D eigenvalue weighted by molar-refractivity contribution is 8.02. The van der Waals surface area contributed by atoms with Crippen molar-refractivity contribution in [3.63, 3.8) is 0 Å². The van der Waals surface area contributed by atoms with Crippen LogP contribution >= 0.6 is 23.4 Å². The summed E-state index contributed by atoms with van der Waals surface area (Å²) in [5.41, 5.74) is 0.683. The van der Waals surface area contributed by atoms with Gasteiger partial charge in [0.25, 0.3) is 5.91 Å². The summed E-state index contributed by atoms with van der Waals surface area (Å²) in [5, 5.41) is 9.79. The van der Waals surface area contributed by atoms with Gasteiger partial charge in [0.1, 0.15) is 6.04 Å². The normalized spacial score (nSPS) is 28.4. The number of thioether (sulfide) groups is 1. The van der Waals surface area contributed by atoms with Crippen molar-refractivity contribution in [1.29, 1.82) is 0 Å². The number of unbranched alkanes of at least 4 members (excludes halogenated alkanes) is 4. The average molecular weight is 589 g/mol. The minimum absolute atomic E-state index is 0.0557. The quantitative estimate of drug-likeness (QED) is 0.171. The van der Waals surface area contributed by atoms with Gasteiger partial charge in [-0.1, -0.05) is 30.7 Å². The Balaban J connectivity index is 1.67. The summed E-state index contributed by atoms with van der Waals surface area (Å²) in [7, 11) is 0. The second kappa shape index (κ2) is 13.6. The van der Waals surface area contributed by atoms with Crippen molar-refractivity contribution >= 4 is 46.8 Å². The Kier molecular flexibility index (Phi) is 10.4. The predicted molar refractivity (Wildman–Crippen MR) is 160 cm³/mol. The number of ether oxygens (including phenoxy) is 1. The van der Waals surface area contributed by atoms with E-state index in [9.17, 15) is 19.5 Å². The molecular weight excluding hydrogens is 548 g/mol. The molecule has 1 N–H and O–H groups in total. The molecule has 4 rings (SSSR count). The minimum Gasteiger partial charge on any atom is -0.465 e. The number of carbonyl (C=O) groups is 3. The molecule has 1 aromatic carbocycles. The summed E-state index contributed by atoms with van der Waals surface area (Å²) in [4.78, 5) is 45.6. The fraction of sp³-hybridized carbons (Fsp3) is 0.581. The van der Waals surface area contributed by atoms with Crippen molar-refractivity contribution in [2.75, 3.05) is 31.2 Å². The van der Waals surface area contributed by atoms with E-state index >= 15 is 0 Å². The third-order valence-electron chi connectivity index (χ3n) is 8.57. The molecule has 1 spiro atoms. The lowest BCUT2D eigenvalue weighted by atomic mass is 9.66. The first-order valence-electron chi connectivity index (χ1n) is 14.4. The Morgan fingerprint density at radius 2 is 1.93 bits per heavy atom. The Hall–Kier alpha value is -2.29. The molecule has 3 aliphatic rings. The van der Waals surface area contributed by atoms with E-state index in [1.807, 2.05) is 6.08 Å². The molecule has 2 amide bonds. The Bertz CT molecular complexity index is 1100. The van der Waals surface area contributed by atoms with Crippen LogP contribution in [0.15, 0.2) is 49.6 Å². The fourth-order valence-electron chi connectivity index (χ4n) is 6.76. The number of anilines is 1. The van der Waals surface area contributed by atoms with Crippen LogP contribution in [0.5, 0.6) is 0 Å². The Morgan fingerprint density at radius 1 is 1.18 bits per heavy atom. The zero-order valence-electron chi connectivity index (χ0n) is 23.3. The van der Waals surface area contributed by atoms with Crippen molar-refractivity contribution in [3.8, 4) is 0 Å². The number of aliphatic hydroxyl groups is 1. The summed E-state index contributed by atoms with van der Waals surface area (Å²) in [5.74, 6) is -1.72. The van der Waals surface area contributed by atoms with E-state index in [1.165, 1.54) is 0 Å². The van der Waals surface area contributed by atoms with Gasteiger partial charge in [-0.15, -0.1) is 24.9 Å². The Labute approximate surface area is 246 Å². The number of carbonyl (C=O) groups excluding carboxylic acids is 3. The summed E-state index contributed by atoms with van der Waals surface area (Å²) < 4.78 is 5.00. The lowest BCUT2D eigenvalue weighted by Gasteiger charge is -2.40. The zero-order chi connectivity index (χ0) is 28.9. The van der Waals surface area contributed by atoms with Crippen LogP contribution in [0.1, 0.15) is 51.9 Å². The number of aliphatic hydroxyl groups excluding tert-OH is 1. The van der Waals surface area contributed by atoms with Crippen molar-refractivity contribution in [2.45, 2.75) is 67.9 Å². The molecule has 40 heavy (non-hydrogen) atoms. The number of allylic oxidation sites excluding steroid dienone is 1. The fourth-order valence-corrected chi connectivity index (χ4v) is 9.29. The van der Waals surface area contributed by atoms with E-state index in [1.54, 1.807) is 51.9 Å². The van der Waals surface area contributed by atoms with E-state index in [2.05, 4.69) is 20.1 Å². The highest BCUT2D eigenvalue weighted by atomic mass is 35.5. The van der Waals surface area contributed by atoms with Crippen LogP contribution in [0.25, 0.3) is 0 Å². The van der Waals surface area contributed by atoms with E-state index < -0.39 is 22.6 Å². The third-order valence-corrected chi connectivity index (χ3v) is 10.9. The number of esters is 1. The molecule has 3 unspecified atom stereocenters. The van der Waals surface area contributed by atoms with E-state index in [0.29, 0.717) is 36.7 Å². The topological polar surface area (TPSA) is 87.2 Å². The minimum atomic E-state index is -0.717. The number of halogens is 1. The molecule has 0 saturated carbocycles. The third kappa shape index (κ3) is 5.72. The number of benzene rings is 1. The van der Waals surface area contributed by atoms with Gasteiger partial charge in [-0.25, -0.2) is 0 Å². The van der Waals surface area contributed by atoms with Crippen molar-refractivity contribution in [3.05, 3.63) is 54.6 Å². The van der Waals surface area contributed by atoms with Gasteiger partial charge in [-0.2, -0.15) is 0 Å². The number of fused-ring (bicyclic) bond motifs is 1. The molecule has 0 aliphatic carbocycles. The van der Waals surface area contributed by atoms with E-state index in [-0.39, 0.29) is 42.1 Å². The molecule has 9 heteroatoms. The SMILES string of the molecule is C=CCCCCOC(=O)[C@@H]1[C@@H]2CC(C)C3(S2)C(C(=O)N(CC=C)c2ccc(Cl)cc2)N(CCCCCO)C(=O)[C@H]13. The summed E-state index contributed by atoms with van der Waals surface area (Å²) in [6, 6.07) is 6.37. The molecule has 2 bridgehead atoms. The molecule has 0 aromatic heterocycles. The van der Waals surface area contributed by atoms with Gasteiger partial charge in [0.2, 0.25) is 5.91 Å². The summed E-state index contributed by atoms with van der Waals surface area (Å²) >= 11 is 7.78. The largest absolute Gasteiger partial charge is 0.465 e. The molecule has 218 valence electrons. The summed E-state index contributed by atoms with van der Waals surface area (Å²) in [6.07, 6.45) is 8.85. The van der Waals surface area contributed by atoms with Crippen LogP contribution in [-0.2, 0) is 19.1 Å². The number of likely N-dealkylation sites (tertiary alicyclic amines) is 1. The predicted octanol–water partition coefficient (Wildman–Crippen LogP) is 5.26. The van der Waals surface area contributed by atoms with Crippen LogP contribution in [0.3, 0.4) is 0 Å². The standard InChI is InChI=1S/C31H41ClN2O5S/c1-4-6-7-11-19-39-30(38)25-24-20-21(3)31(40-24)26(25)28(36)34(17-9-8-10-18-35)27(31)29(37)33(16-5-2)23-14-12-22(32)13-15-23/h4-5,12-15,21,24-27,35H,1-2,6-11,16-20H2,3H3/t21?,24-,25+,26-,27?,31?/m0/s1. The molecule has 3 aliphatic heterocycles. The molecule has 7 nitrogen and oxygen atoms in total. The van der Waals surface area contributed by atoms with Gasteiger partial charge in [0, 0.05) is 35.7 Å². The van der Waals surface area contributed by atoms with Gasteiger partial charge < -0.3 is 19.6 Å². The van der Waals surface area contributed by atoms with Crippen LogP contribution in [0.4, 0.5) is 5.69 Å². The van der Waals surface area contributed by atoms with E-state index in [4.69, 9.17) is 16.3 Å². The smallest absolute Gasteiger partial charge is 0.310 e. The van der Waals surface area contributed by atoms with Crippen LogP contribution < -0.4 is 4.90 Å². The van der Waals surface area contributed by atoms with Gasteiger partial charge in [-0.3, -0.25) is 14.4 Å². The van der Waals surface area contributed by atoms with Gasteiger partial charge in [0.05, 0.1) is 23.2 Å². The van der Waals surface area contributed by atoms with Crippen molar-refractivity contribution in [1.82, 2.24) is 4.90 Å². The maximum atomic E-state index is 14.6. The average Bonchev–Trinajstić information content (AvgIpc) is 3.53. The second-order valence-corrected chi connectivity index (χ2v) is 13.0. The number of hydrogen-bond donors (Lipinski definition) is 1. The zero-order valence-corrected chi connectivity index (χ0v) is 24.9. The number of hydrogen-bond acceptors (Lipinski definition) is 6. The van der Waals surface area contributed by atoms with Gasteiger partial charge in [-0.05, 0) is 75.1 Å². The van der Waals surface area contributed by atoms with Gasteiger partial charge >= 0.3 is 5.97 Å². The number of rotatable bonds is 15. The molecule has 3 fully saturated rings. The molecule has 3 saturated heterocycles. The second-order valence-electron chi connectivity index (χ2n) is 11.0. The van der Waals surface area contributed by atoms with Crippen molar-refractivity contribution < 1.29 is 24.2 Å². The molecule has 0 radical (unpaired) electrons. The van der Waals surface area contributed by atoms with Crippen molar-refractivity contribution in [2.24, 2.45) is 17.8 Å². The highest BCUT2D eigenvalue weighted by Crippen LogP contribution is 2.68. The first-order chi connectivity index (χ1) is 19.3. The first kappa shape index (κ1) is 30.7. The molecule has 6 atom stereocenters. The van der Waals surface area contributed by atoms with Gasteiger partial charge in [0.15, 0.2) is 0 Å². The van der Waals surface area contributed by atoms with Crippen LogP contribution in [0, 0.1) is 17.8 Å². The van der Waals surface area contributed by atoms with Crippen LogP contribution in [0.2, 0.25) is 5.02 Å².